The second kappa shape index (κ2) is 9.05. The zero-order chi connectivity index (χ0) is 19.9. The standard InChI is InChI=1S/C19H18N4O4S/c1-2-26-13-9-7-12(8-10-13)18-22-23-19(27-18)28-11-16(24)21-15-6-4-3-5-14(15)17(20)25/h3-10H,2,11H2,1H3,(H2,20,25)(H,21,24). The molecule has 28 heavy (non-hydrogen) atoms. The Morgan fingerprint density at radius 1 is 1.14 bits per heavy atom. The molecule has 0 spiro atoms. The number of nitrogens with one attached hydrogen (secondary N) is 1. The number of ether oxygens (including phenoxy) is 1. The van der Waals surface area contributed by atoms with Crippen LogP contribution in [0.1, 0.15) is 17.3 Å². The van der Waals surface area contributed by atoms with E-state index in [0.29, 0.717) is 18.2 Å². The largest absolute Gasteiger partial charge is 0.494 e. The summed E-state index contributed by atoms with van der Waals surface area (Å²) in [5.74, 6) is 0.219. The summed E-state index contributed by atoms with van der Waals surface area (Å²) in [6.07, 6.45) is 0. The number of para-hydroxylation sites is 1. The Labute approximate surface area is 165 Å². The average molecular weight is 398 g/mol. The van der Waals surface area contributed by atoms with Gasteiger partial charge in [-0.2, -0.15) is 0 Å². The van der Waals surface area contributed by atoms with Crippen LogP contribution in [0.4, 0.5) is 5.69 Å². The molecule has 2 aromatic carbocycles. The van der Waals surface area contributed by atoms with E-state index in [1.54, 1.807) is 24.3 Å². The fourth-order valence-electron chi connectivity index (χ4n) is 2.37. The number of aromatic nitrogens is 2. The van der Waals surface area contributed by atoms with Crippen molar-refractivity contribution in [2.45, 2.75) is 12.1 Å². The molecule has 0 unspecified atom stereocenters. The molecule has 9 heteroatoms. The molecular formula is C19H18N4O4S. The van der Waals surface area contributed by atoms with Crippen molar-refractivity contribution in [1.29, 1.82) is 0 Å². The van der Waals surface area contributed by atoms with Gasteiger partial charge in [0.1, 0.15) is 5.75 Å². The van der Waals surface area contributed by atoms with E-state index in [0.717, 1.165) is 23.1 Å². The van der Waals surface area contributed by atoms with E-state index in [2.05, 4.69) is 15.5 Å². The molecule has 0 bridgehead atoms. The molecule has 0 aliphatic heterocycles. The third-order valence-electron chi connectivity index (χ3n) is 3.61. The minimum Gasteiger partial charge on any atom is -0.494 e. The van der Waals surface area contributed by atoms with Gasteiger partial charge in [0.05, 0.1) is 23.6 Å². The lowest BCUT2D eigenvalue weighted by atomic mass is 10.1. The highest BCUT2D eigenvalue weighted by atomic mass is 32.2. The lowest BCUT2D eigenvalue weighted by Crippen LogP contribution is -2.19. The van der Waals surface area contributed by atoms with Gasteiger partial charge in [-0.1, -0.05) is 23.9 Å². The van der Waals surface area contributed by atoms with E-state index in [1.807, 2.05) is 31.2 Å². The van der Waals surface area contributed by atoms with Crippen molar-refractivity contribution in [2.24, 2.45) is 5.73 Å². The molecule has 1 heterocycles. The second-order valence-corrected chi connectivity index (χ2v) is 6.50. The first-order valence-electron chi connectivity index (χ1n) is 8.45. The highest BCUT2D eigenvalue weighted by Crippen LogP contribution is 2.25. The molecule has 144 valence electrons. The maximum Gasteiger partial charge on any atom is 0.277 e. The zero-order valence-electron chi connectivity index (χ0n) is 15.0. The number of nitrogens with zero attached hydrogens (tertiary/aromatic N) is 2. The third kappa shape index (κ3) is 4.89. The van der Waals surface area contributed by atoms with Gasteiger partial charge in [-0.15, -0.1) is 10.2 Å². The molecule has 8 nitrogen and oxygen atoms in total. The lowest BCUT2D eigenvalue weighted by molar-refractivity contribution is -0.113. The lowest BCUT2D eigenvalue weighted by Gasteiger charge is -2.07. The summed E-state index contributed by atoms with van der Waals surface area (Å²) in [4.78, 5) is 23.6. The van der Waals surface area contributed by atoms with Gasteiger partial charge in [0.25, 0.3) is 11.1 Å². The molecule has 3 aromatic rings. The fourth-order valence-corrected chi connectivity index (χ4v) is 2.93. The van der Waals surface area contributed by atoms with Crippen molar-refractivity contribution >= 4 is 29.3 Å². The second-order valence-electron chi connectivity index (χ2n) is 5.58. The van der Waals surface area contributed by atoms with E-state index in [1.165, 1.54) is 0 Å². The number of rotatable bonds is 8. The van der Waals surface area contributed by atoms with Crippen LogP contribution in [0.3, 0.4) is 0 Å². The highest BCUT2D eigenvalue weighted by Gasteiger charge is 2.13. The van der Waals surface area contributed by atoms with E-state index in [9.17, 15) is 9.59 Å². The third-order valence-corrected chi connectivity index (χ3v) is 4.43. The number of hydrogen-bond donors (Lipinski definition) is 2. The van der Waals surface area contributed by atoms with Crippen molar-refractivity contribution in [2.75, 3.05) is 17.7 Å². The summed E-state index contributed by atoms with van der Waals surface area (Å²) >= 11 is 1.10. The predicted molar refractivity (Wildman–Crippen MR) is 105 cm³/mol. The molecule has 0 aliphatic carbocycles. The maximum atomic E-state index is 12.1. The SMILES string of the molecule is CCOc1ccc(-c2nnc(SCC(=O)Nc3ccccc3C(N)=O)o2)cc1. The van der Waals surface area contributed by atoms with Crippen molar-refractivity contribution in [3.8, 4) is 17.2 Å². The monoisotopic (exact) mass is 398 g/mol. The molecule has 0 aliphatic rings. The molecular weight excluding hydrogens is 380 g/mol. The van der Waals surface area contributed by atoms with Gasteiger partial charge in [-0.05, 0) is 43.3 Å². The van der Waals surface area contributed by atoms with Gasteiger partial charge in [0.15, 0.2) is 0 Å². The first-order valence-corrected chi connectivity index (χ1v) is 9.43. The van der Waals surface area contributed by atoms with Gasteiger partial charge in [-0.3, -0.25) is 9.59 Å². The molecule has 0 atom stereocenters. The molecule has 2 amide bonds. The Bertz CT molecular complexity index is 972. The van der Waals surface area contributed by atoms with Crippen LogP contribution >= 0.6 is 11.8 Å². The van der Waals surface area contributed by atoms with Crippen molar-refractivity contribution in [1.82, 2.24) is 10.2 Å². The summed E-state index contributed by atoms with van der Waals surface area (Å²) < 4.78 is 11.0. The van der Waals surface area contributed by atoms with Crippen molar-refractivity contribution in [3.63, 3.8) is 0 Å². The normalized spacial score (nSPS) is 10.5. The first-order chi connectivity index (χ1) is 13.6. The Hall–Kier alpha value is -3.33. The molecule has 1 aromatic heterocycles. The summed E-state index contributed by atoms with van der Waals surface area (Å²) in [7, 11) is 0. The molecule has 0 saturated carbocycles. The van der Waals surface area contributed by atoms with Crippen LogP contribution < -0.4 is 15.8 Å². The Morgan fingerprint density at radius 2 is 1.89 bits per heavy atom. The van der Waals surface area contributed by atoms with Crippen LogP contribution in [0.15, 0.2) is 58.2 Å². The van der Waals surface area contributed by atoms with Crippen LogP contribution in [-0.2, 0) is 4.79 Å². The zero-order valence-corrected chi connectivity index (χ0v) is 15.9. The van der Waals surface area contributed by atoms with Gasteiger partial charge >= 0.3 is 0 Å². The average Bonchev–Trinajstić information content (AvgIpc) is 3.16. The number of amides is 2. The summed E-state index contributed by atoms with van der Waals surface area (Å²) in [5.41, 5.74) is 6.66. The van der Waals surface area contributed by atoms with Crippen molar-refractivity contribution < 1.29 is 18.7 Å². The van der Waals surface area contributed by atoms with E-state index >= 15 is 0 Å². The highest BCUT2D eigenvalue weighted by molar-refractivity contribution is 7.99. The van der Waals surface area contributed by atoms with Gasteiger partial charge < -0.3 is 20.2 Å². The predicted octanol–water partition coefficient (Wildman–Crippen LogP) is 2.96. The molecule has 3 rings (SSSR count). The first kappa shape index (κ1) is 19.4. The number of carbonyl (C=O) groups is 2. The maximum absolute atomic E-state index is 12.1. The number of thioether (sulfide) groups is 1. The van der Waals surface area contributed by atoms with Crippen LogP contribution in [0.5, 0.6) is 5.75 Å². The molecule has 0 radical (unpaired) electrons. The van der Waals surface area contributed by atoms with Crippen LogP contribution in [0, 0.1) is 0 Å². The molecule has 0 saturated heterocycles. The quantitative estimate of drug-likeness (QED) is 0.560. The van der Waals surface area contributed by atoms with Crippen molar-refractivity contribution in [3.05, 3.63) is 54.1 Å². The van der Waals surface area contributed by atoms with E-state index < -0.39 is 5.91 Å². The number of benzene rings is 2. The van der Waals surface area contributed by atoms with Crippen LogP contribution in [0.2, 0.25) is 0 Å². The molecule has 0 fully saturated rings. The minimum absolute atomic E-state index is 0.0397. The number of anilines is 1. The summed E-state index contributed by atoms with van der Waals surface area (Å²) in [5, 5.41) is 10.8. The van der Waals surface area contributed by atoms with Gasteiger partial charge in [0.2, 0.25) is 11.8 Å². The van der Waals surface area contributed by atoms with E-state index in [-0.39, 0.29) is 22.4 Å². The molecule has 3 N–H and O–H groups in total. The minimum atomic E-state index is -0.611. The topological polar surface area (TPSA) is 120 Å². The summed E-state index contributed by atoms with van der Waals surface area (Å²) in [6, 6.07) is 13.8. The number of primary amides is 1. The number of hydrogen-bond acceptors (Lipinski definition) is 7. The number of nitrogens with two attached hydrogens (primary N) is 1. The summed E-state index contributed by atoms with van der Waals surface area (Å²) in [6.45, 7) is 2.50. The smallest absolute Gasteiger partial charge is 0.277 e. The fraction of sp³-hybridized carbons (Fsp3) is 0.158. The van der Waals surface area contributed by atoms with Gasteiger partial charge in [-0.25, -0.2) is 0 Å². The van der Waals surface area contributed by atoms with E-state index in [4.69, 9.17) is 14.9 Å². The van der Waals surface area contributed by atoms with Gasteiger partial charge in [0, 0.05) is 5.56 Å². The van der Waals surface area contributed by atoms with Crippen LogP contribution in [-0.4, -0.2) is 34.4 Å². The van der Waals surface area contributed by atoms with Crippen LogP contribution in [0.25, 0.3) is 11.5 Å². The Balaban J connectivity index is 1.58. The Morgan fingerprint density at radius 3 is 2.61 bits per heavy atom. The number of carbonyl (C=O) groups excluding carboxylic acids is 2. The Kier molecular flexibility index (Phi) is 6.28.